The van der Waals surface area contributed by atoms with Gasteiger partial charge in [-0.2, -0.15) is 0 Å². The molecule has 39 heavy (non-hydrogen) atoms. The van der Waals surface area contributed by atoms with Gasteiger partial charge in [-0.1, -0.05) is 56.8 Å². The molecule has 0 atom stereocenters. The quantitative estimate of drug-likeness (QED) is 0.327. The average molecular weight is 546 g/mol. The molecule has 206 valence electrons. The zero-order valence-electron chi connectivity index (χ0n) is 23.7. The Morgan fingerprint density at radius 3 is 2.49 bits per heavy atom. The van der Waals surface area contributed by atoms with Gasteiger partial charge < -0.3 is 9.47 Å². The van der Waals surface area contributed by atoms with Crippen molar-refractivity contribution in [1.29, 1.82) is 0 Å². The smallest absolute Gasteiger partial charge is 0.237 e. The minimum absolute atomic E-state index is 0.254. The molecule has 3 aromatic rings. The van der Waals surface area contributed by atoms with E-state index < -0.39 is 0 Å². The van der Waals surface area contributed by atoms with E-state index in [2.05, 4.69) is 65.2 Å². The molecule has 1 aromatic carbocycles. The van der Waals surface area contributed by atoms with Crippen LogP contribution in [-0.2, 0) is 10.2 Å². The molecule has 7 rings (SSSR count). The van der Waals surface area contributed by atoms with Gasteiger partial charge in [0.25, 0.3) is 0 Å². The number of likely N-dealkylation sites (tertiary alicyclic amines) is 1. The van der Waals surface area contributed by atoms with Crippen LogP contribution < -0.4 is 4.90 Å². The van der Waals surface area contributed by atoms with Gasteiger partial charge in [0.2, 0.25) is 5.91 Å². The summed E-state index contributed by atoms with van der Waals surface area (Å²) < 4.78 is 2.07. The van der Waals surface area contributed by atoms with Crippen LogP contribution in [0.25, 0.3) is 22.3 Å². The molecular weight excluding hydrogens is 506 g/mol. The molecule has 1 amide bonds. The van der Waals surface area contributed by atoms with E-state index in [4.69, 9.17) is 16.6 Å². The zero-order chi connectivity index (χ0) is 27.1. The number of hydrogen-bond donors (Lipinski definition) is 0. The molecular formula is C32H40ClN5O. The van der Waals surface area contributed by atoms with Gasteiger partial charge >= 0.3 is 0 Å². The second-order valence-electron chi connectivity index (χ2n) is 13.6. The van der Waals surface area contributed by atoms with Crippen molar-refractivity contribution >= 4 is 34.2 Å². The van der Waals surface area contributed by atoms with E-state index >= 15 is 0 Å². The number of imidazole rings is 1. The number of carbonyl (C=O) groups excluding carboxylic acids is 1. The normalized spacial score (nSPS) is 26.1. The summed E-state index contributed by atoms with van der Waals surface area (Å²) in [6, 6.07) is 9.75. The third kappa shape index (κ3) is 3.96. The highest BCUT2D eigenvalue weighted by atomic mass is 35.5. The van der Waals surface area contributed by atoms with Crippen molar-refractivity contribution in [2.75, 3.05) is 18.0 Å². The predicted octanol–water partition coefficient (Wildman–Crippen LogP) is 7.14. The monoisotopic (exact) mass is 545 g/mol. The number of anilines is 1. The number of benzene rings is 1. The maximum absolute atomic E-state index is 14.3. The van der Waals surface area contributed by atoms with E-state index in [0.717, 1.165) is 66.5 Å². The van der Waals surface area contributed by atoms with Gasteiger partial charge in [-0.05, 0) is 75.6 Å². The van der Waals surface area contributed by atoms with E-state index in [1.54, 1.807) is 0 Å². The van der Waals surface area contributed by atoms with Crippen LogP contribution in [0.15, 0.2) is 30.6 Å². The number of pyridine rings is 1. The summed E-state index contributed by atoms with van der Waals surface area (Å²) in [5.74, 6) is 0.344. The van der Waals surface area contributed by atoms with Gasteiger partial charge in [-0.25, -0.2) is 9.97 Å². The van der Waals surface area contributed by atoms with Crippen LogP contribution in [0.1, 0.15) is 90.7 Å². The zero-order valence-corrected chi connectivity index (χ0v) is 24.5. The van der Waals surface area contributed by atoms with E-state index in [1.807, 2.05) is 12.4 Å². The van der Waals surface area contributed by atoms with Crippen LogP contribution in [0.4, 0.5) is 5.69 Å². The van der Waals surface area contributed by atoms with Gasteiger partial charge in [-0.3, -0.25) is 9.69 Å². The summed E-state index contributed by atoms with van der Waals surface area (Å²) in [6.45, 7) is 11.3. The highest BCUT2D eigenvalue weighted by Crippen LogP contribution is 2.53. The first-order valence-corrected chi connectivity index (χ1v) is 15.3. The van der Waals surface area contributed by atoms with Crippen LogP contribution in [0.2, 0.25) is 5.15 Å². The molecule has 0 radical (unpaired) electrons. The largest absolute Gasteiger partial charge is 0.326 e. The molecule has 2 aromatic heterocycles. The number of halogens is 1. The summed E-state index contributed by atoms with van der Waals surface area (Å²) in [4.78, 5) is 28.6. The SMILES string of the molecule is CC(C)n1cnc2cc(-c3ccc4c(c3)N(C3CC(N5CCC(C)(C)C5)C3)C(=O)C43CCCCC3)nc(Cl)c21. The van der Waals surface area contributed by atoms with Gasteiger partial charge in [0.1, 0.15) is 5.52 Å². The fourth-order valence-corrected chi connectivity index (χ4v) is 8.12. The molecule has 7 heteroatoms. The molecule has 4 aliphatic rings. The lowest BCUT2D eigenvalue weighted by Crippen LogP contribution is -2.56. The molecule has 0 bridgehead atoms. The number of fused-ring (bicyclic) bond motifs is 3. The van der Waals surface area contributed by atoms with Crippen LogP contribution in [0, 0.1) is 5.41 Å². The minimum Gasteiger partial charge on any atom is -0.326 e. The number of nitrogens with zero attached hydrogens (tertiary/aromatic N) is 5. The lowest BCUT2D eigenvalue weighted by atomic mass is 9.70. The second-order valence-corrected chi connectivity index (χ2v) is 14.0. The number of amides is 1. The van der Waals surface area contributed by atoms with E-state index in [-0.39, 0.29) is 17.5 Å². The molecule has 1 saturated heterocycles. The first kappa shape index (κ1) is 25.5. The lowest BCUT2D eigenvalue weighted by molar-refractivity contribution is -0.125. The van der Waals surface area contributed by atoms with Gasteiger partial charge in [-0.15, -0.1) is 0 Å². The average Bonchev–Trinajstić information content (AvgIpc) is 3.54. The summed E-state index contributed by atoms with van der Waals surface area (Å²) in [5, 5.41) is 0.473. The van der Waals surface area contributed by atoms with Crippen LogP contribution in [0.5, 0.6) is 0 Å². The lowest BCUT2D eigenvalue weighted by Gasteiger charge is -2.46. The Labute approximate surface area is 236 Å². The van der Waals surface area contributed by atoms with Gasteiger partial charge in [0, 0.05) is 35.9 Å². The molecule has 3 fully saturated rings. The van der Waals surface area contributed by atoms with E-state index in [0.29, 0.717) is 22.5 Å². The Balaban J connectivity index is 1.25. The van der Waals surface area contributed by atoms with Crippen LogP contribution in [-0.4, -0.2) is 50.5 Å². The molecule has 0 N–H and O–H groups in total. The van der Waals surface area contributed by atoms with Crippen LogP contribution in [0.3, 0.4) is 0 Å². The van der Waals surface area contributed by atoms with Crippen molar-refractivity contribution in [2.24, 2.45) is 5.41 Å². The van der Waals surface area contributed by atoms with E-state index in [9.17, 15) is 4.79 Å². The van der Waals surface area contributed by atoms with Crippen molar-refractivity contribution in [3.63, 3.8) is 0 Å². The maximum Gasteiger partial charge on any atom is 0.237 e. The summed E-state index contributed by atoms with van der Waals surface area (Å²) in [5.41, 5.74) is 5.94. The third-order valence-corrected chi connectivity index (χ3v) is 10.4. The van der Waals surface area contributed by atoms with Crippen molar-refractivity contribution in [3.8, 4) is 11.3 Å². The highest BCUT2D eigenvalue weighted by Gasteiger charge is 2.55. The minimum atomic E-state index is -0.349. The second kappa shape index (κ2) is 9.04. The molecule has 2 aliphatic heterocycles. The summed E-state index contributed by atoms with van der Waals surface area (Å²) in [6.07, 6.45) is 10.7. The topological polar surface area (TPSA) is 54.3 Å². The Hall–Kier alpha value is -2.44. The Morgan fingerprint density at radius 2 is 1.79 bits per heavy atom. The number of hydrogen-bond acceptors (Lipinski definition) is 4. The Bertz CT molecular complexity index is 1450. The highest BCUT2D eigenvalue weighted by molar-refractivity contribution is 6.34. The molecule has 4 heterocycles. The number of carbonyl (C=O) groups is 1. The first-order valence-electron chi connectivity index (χ1n) is 14.9. The third-order valence-electron chi connectivity index (χ3n) is 10.1. The molecule has 0 unspecified atom stereocenters. The molecule has 2 saturated carbocycles. The van der Waals surface area contributed by atoms with Crippen molar-refractivity contribution in [1.82, 2.24) is 19.4 Å². The van der Waals surface area contributed by atoms with Crippen molar-refractivity contribution in [3.05, 3.63) is 41.3 Å². The van der Waals surface area contributed by atoms with Gasteiger partial charge in [0.05, 0.1) is 23.0 Å². The van der Waals surface area contributed by atoms with Crippen molar-refractivity contribution in [2.45, 2.75) is 103 Å². The summed E-state index contributed by atoms with van der Waals surface area (Å²) in [7, 11) is 0. The summed E-state index contributed by atoms with van der Waals surface area (Å²) >= 11 is 6.73. The molecule has 6 nitrogen and oxygen atoms in total. The fraction of sp³-hybridized carbons (Fsp3) is 0.594. The Kier molecular flexibility index (Phi) is 5.91. The van der Waals surface area contributed by atoms with Crippen molar-refractivity contribution < 1.29 is 4.79 Å². The predicted molar refractivity (Wildman–Crippen MR) is 157 cm³/mol. The molecule has 2 aliphatic carbocycles. The Morgan fingerprint density at radius 1 is 1.03 bits per heavy atom. The first-order chi connectivity index (χ1) is 18.7. The van der Waals surface area contributed by atoms with Gasteiger partial charge in [0.15, 0.2) is 5.15 Å². The molecule has 1 spiro atoms. The van der Waals surface area contributed by atoms with Crippen LogP contribution >= 0.6 is 11.6 Å². The standard InChI is InChI=1S/C32H40ClN5O/c1-20(2)37-19-34-26-17-25(35-29(33)28(26)37)21-8-9-24-27(14-21)38(30(39)32(24)10-6-5-7-11-32)23-15-22(16-23)36-13-12-31(3,4)18-36/h8-9,14,17,19-20,22-23H,5-7,10-13,15-16,18H2,1-4H3. The van der Waals surface area contributed by atoms with E-state index in [1.165, 1.54) is 31.5 Å². The fourth-order valence-electron chi connectivity index (χ4n) is 7.84. The number of rotatable bonds is 4. The maximum atomic E-state index is 14.3. The number of aromatic nitrogens is 3.